The molecule has 0 fully saturated rings. The highest BCUT2D eigenvalue weighted by Crippen LogP contribution is 2.27. The molecule has 0 amide bonds. The lowest BCUT2D eigenvalue weighted by Gasteiger charge is -2.30. The topological polar surface area (TPSA) is 0 Å². The molecule has 2 heteroatoms. The summed E-state index contributed by atoms with van der Waals surface area (Å²) < 4.78 is 0. The summed E-state index contributed by atoms with van der Waals surface area (Å²) in [6.07, 6.45) is 2.26. The maximum atomic E-state index is 7.98. The highest BCUT2D eigenvalue weighted by Gasteiger charge is 2.39. The minimum absolute atomic E-state index is 0.520. The lowest BCUT2D eigenvalue weighted by molar-refractivity contribution is 0.712. The standard InChI is InChI=1S/C30H39ClSi/c1-9-24(7)26-17-27(25(8)10-2)19-30(18-26)32(31,28-13-20(3)11-21(4)14-28)29-15-22(5)12-23(6)16-29/h11-19,24-25H,9-10H2,1-8H3. The molecule has 0 N–H and O–H groups in total. The molecule has 0 heterocycles. The fraction of sp³-hybridized carbons (Fsp3) is 0.400. The molecule has 170 valence electrons. The average Bonchev–Trinajstić information content (AvgIpc) is 2.75. The summed E-state index contributed by atoms with van der Waals surface area (Å²) in [5.41, 5.74) is 7.96. The van der Waals surface area contributed by atoms with Crippen LogP contribution in [-0.4, -0.2) is 7.38 Å². The molecule has 0 aromatic heterocycles. The molecule has 3 rings (SSSR count). The van der Waals surface area contributed by atoms with Gasteiger partial charge in [-0.15, -0.1) is 11.1 Å². The molecular formula is C30H39ClSi. The first-order valence-corrected chi connectivity index (χ1v) is 15.1. The van der Waals surface area contributed by atoms with Gasteiger partial charge in [0.15, 0.2) is 0 Å². The van der Waals surface area contributed by atoms with Crippen molar-refractivity contribution in [1.82, 2.24) is 0 Å². The van der Waals surface area contributed by atoms with E-state index >= 15 is 0 Å². The average molecular weight is 463 g/mol. The van der Waals surface area contributed by atoms with Crippen LogP contribution in [0.2, 0.25) is 0 Å². The largest absolute Gasteiger partial charge is 0.247 e. The van der Waals surface area contributed by atoms with Gasteiger partial charge in [-0.2, -0.15) is 0 Å². The van der Waals surface area contributed by atoms with Crippen molar-refractivity contribution in [2.75, 3.05) is 0 Å². The van der Waals surface area contributed by atoms with Gasteiger partial charge in [-0.1, -0.05) is 105 Å². The Morgan fingerprint density at radius 2 is 0.875 bits per heavy atom. The molecule has 3 aromatic rings. The molecule has 0 saturated heterocycles. The fourth-order valence-corrected chi connectivity index (χ4v) is 9.18. The van der Waals surface area contributed by atoms with Crippen LogP contribution in [0, 0.1) is 27.7 Å². The smallest absolute Gasteiger partial charge is 0.149 e. The number of rotatable bonds is 7. The zero-order chi connectivity index (χ0) is 23.6. The molecule has 0 aliphatic heterocycles. The quantitative estimate of drug-likeness (QED) is 0.198. The summed E-state index contributed by atoms with van der Waals surface area (Å²) >= 11 is 7.98. The van der Waals surface area contributed by atoms with Crippen molar-refractivity contribution in [3.63, 3.8) is 0 Å². The van der Waals surface area contributed by atoms with E-state index in [1.54, 1.807) is 0 Å². The summed E-state index contributed by atoms with van der Waals surface area (Å²) in [6.45, 7) is 18.0. The zero-order valence-corrected chi connectivity index (χ0v) is 22.9. The second-order valence-corrected chi connectivity index (χ2v) is 14.7. The molecule has 0 spiro atoms. The first-order valence-electron chi connectivity index (χ1n) is 12.1. The van der Waals surface area contributed by atoms with Crippen molar-refractivity contribution >= 4 is 34.0 Å². The number of benzene rings is 3. The Bertz CT molecular complexity index is 978. The number of hydrogen-bond acceptors (Lipinski definition) is 0. The first-order chi connectivity index (χ1) is 15.1. The van der Waals surface area contributed by atoms with E-state index in [-0.39, 0.29) is 0 Å². The molecule has 3 aromatic carbocycles. The molecule has 0 nitrogen and oxygen atoms in total. The second-order valence-electron chi connectivity index (χ2n) is 9.92. The minimum Gasteiger partial charge on any atom is -0.149 e. The van der Waals surface area contributed by atoms with Crippen LogP contribution in [0.5, 0.6) is 0 Å². The van der Waals surface area contributed by atoms with Crippen LogP contribution in [0.15, 0.2) is 54.6 Å². The summed E-state index contributed by atoms with van der Waals surface area (Å²) in [5, 5.41) is 3.90. The summed E-state index contributed by atoms with van der Waals surface area (Å²) in [4.78, 5) is 0. The van der Waals surface area contributed by atoms with Crippen LogP contribution in [0.1, 0.15) is 85.8 Å². The molecule has 0 radical (unpaired) electrons. The maximum absolute atomic E-state index is 7.98. The highest BCUT2D eigenvalue weighted by atomic mass is 35.6. The maximum Gasteiger partial charge on any atom is 0.247 e. The van der Waals surface area contributed by atoms with Gasteiger partial charge in [0, 0.05) is 0 Å². The summed E-state index contributed by atoms with van der Waals surface area (Å²) in [7, 11) is -2.71. The summed E-state index contributed by atoms with van der Waals surface area (Å²) in [5.74, 6) is 1.04. The monoisotopic (exact) mass is 462 g/mol. The molecule has 0 aliphatic rings. The zero-order valence-electron chi connectivity index (χ0n) is 21.1. The van der Waals surface area contributed by atoms with Crippen molar-refractivity contribution in [1.29, 1.82) is 0 Å². The normalized spacial score (nSPS) is 13.8. The van der Waals surface area contributed by atoms with E-state index in [9.17, 15) is 0 Å². The van der Waals surface area contributed by atoms with Gasteiger partial charge in [-0.05, 0) is 79.1 Å². The van der Waals surface area contributed by atoms with Crippen LogP contribution in [0.4, 0.5) is 0 Å². The van der Waals surface area contributed by atoms with Crippen molar-refractivity contribution in [3.05, 3.63) is 88.0 Å². The Labute approximate surface area is 201 Å². The van der Waals surface area contributed by atoms with E-state index in [0.717, 1.165) is 12.8 Å². The Balaban J connectivity index is 2.40. The molecule has 32 heavy (non-hydrogen) atoms. The van der Waals surface area contributed by atoms with Crippen molar-refractivity contribution in [3.8, 4) is 0 Å². The molecule has 2 unspecified atom stereocenters. The van der Waals surface area contributed by atoms with Crippen LogP contribution in [0.3, 0.4) is 0 Å². The van der Waals surface area contributed by atoms with Gasteiger partial charge in [0.05, 0.1) is 0 Å². The van der Waals surface area contributed by atoms with Crippen LogP contribution in [-0.2, 0) is 0 Å². The lowest BCUT2D eigenvalue weighted by atomic mass is 9.92. The number of aryl methyl sites for hydroxylation is 4. The van der Waals surface area contributed by atoms with E-state index in [1.165, 1.54) is 48.9 Å². The van der Waals surface area contributed by atoms with Gasteiger partial charge in [0.2, 0.25) is 7.38 Å². The van der Waals surface area contributed by atoms with Crippen LogP contribution < -0.4 is 15.6 Å². The van der Waals surface area contributed by atoms with Gasteiger partial charge < -0.3 is 0 Å². The Morgan fingerprint density at radius 1 is 0.562 bits per heavy atom. The van der Waals surface area contributed by atoms with Crippen LogP contribution >= 0.6 is 11.1 Å². The molecule has 0 bridgehead atoms. The molecular weight excluding hydrogens is 424 g/mol. The van der Waals surface area contributed by atoms with E-state index < -0.39 is 7.38 Å². The Morgan fingerprint density at radius 3 is 1.19 bits per heavy atom. The predicted molar refractivity (Wildman–Crippen MR) is 146 cm³/mol. The number of halogens is 1. The lowest BCUT2D eigenvalue weighted by Crippen LogP contribution is -2.63. The van der Waals surface area contributed by atoms with Gasteiger partial charge in [0.1, 0.15) is 0 Å². The Kier molecular flexibility index (Phi) is 7.73. The number of hydrogen-bond donors (Lipinski definition) is 0. The third-order valence-electron chi connectivity index (χ3n) is 6.98. The SMILES string of the molecule is CCC(C)c1cc(C(C)CC)cc([Si](Cl)(c2cc(C)cc(C)c2)c2cc(C)cc(C)c2)c1. The molecule has 2 atom stereocenters. The predicted octanol–water partition coefficient (Wildman–Crippen LogP) is 7.15. The van der Waals surface area contributed by atoms with E-state index in [0.29, 0.717) is 11.8 Å². The van der Waals surface area contributed by atoms with E-state index in [1.807, 2.05) is 0 Å². The van der Waals surface area contributed by atoms with Gasteiger partial charge in [0.25, 0.3) is 0 Å². The third-order valence-corrected chi connectivity index (χ3v) is 12.2. The first kappa shape index (κ1) is 24.8. The summed E-state index contributed by atoms with van der Waals surface area (Å²) in [6, 6.07) is 21.1. The van der Waals surface area contributed by atoms with Crippen LogP contribution in [0.25, 0.3) is 0 Å². The fourth-order valence-electron chi connectivity index (χ4n) is 4.76. The van der Waals surface area contributed by atoms with Crippen molar-refractivity contribution in [2.24, 2.45) is 0 Å². The molecule has 0 aliphatic carbocycles. The Hall–Kier alpha value is -1.83. The van der Waals surface area contributed by atoms with Crippen molar-refractivity contribution < 1.29 is 0 Å². The third kappa shape index (κ3) is 5.05. The van der Waals surface area contributed by atoms with Crippen molar-refractivity contribution in [2.45, 2.75) is 80.1 Å². The van der Waals surface area contributed by atoms with E-state index in [4.69, 9.17) is 11.1 Å². The van der Waals surface area contributed by atoms with Gasteiger partial charge in [-0.25, -0.2) is 0 Å². The minimum atomic E-state index is -2.71. The van der Waals surface area contributed by atoms with Gasteiger partial charge >= 0.3 is 0 Å². The second kappa shape index (κ2) is 9.97. The molecule has 0 saturated carbocycles. The van der Waals surface area contributed by atoms with Gasteiger partial charge in [-0.3, -0.25) is 0 Å². The van der Waals surface area contributed by atoms with E-state index in [2.05, 4.69) is 110 Å². The highest BCUT2D eigenvalue weighted by molar-refractivity contribution is 7.40.